The van der Waals surface area contributed by atoms with Crippen LogP contribution in [0.4, 0.5) is 0 Å². The normalized spacial score (nSPS) is 19.8. The van der Waals surface area contributed by atoms with Gasteiger partial charge in [-0.15, -0.1) is 0 Å². The van der Waals surface area contributed by atoms with Crippen LogP contribution in [0.25, 0.3) is 0 Å². The molecule has 0 saturated heterocycles. The molecule has 20 heavy (non-hydrogen) atoms. The quantitative estimate of drug-likeness (QED) is 0.372. The molecule has 2 atom stereocenters. The first-order chi connectivity index (χ1) is 9.69. The number of hydrogen-bond acceptors (Lipinski definition) is 1. The lowest BCUT2D eigenvalue weighted by Crippen LogP contribution is -2.13. The number of carbonyl (C=O) groups excluding carboxylic acids is 1. The summed E-state index contributed by atoms with van der Waals surface area (Å²) in [5.74, 6) is 1.04. The van der Waals surface area contributed by atoms with Crippen LogP contribution in [0.5, 0.6) is 0 Å². The van der Waals surface area contributed by atoms with Crippen LogP contribution in [-0.2, 0) is 4.79 Å². The number of hydrogen-bond donors (Lipinski definition) is 0. The standard InChI is InChI=1S/C19H30O/c1-4-5-6-7-8-9-10-11-16(2)19-13-12-18(15-20)14-17(19)3/h12-16,19H,3-11H2,1-2H3. The molecule has 0 saturated carbocycles. The molecular formula is C19H30O. The van der Waals surface area contributed by atoms with E-state index in [1.165, 1.54) is 51.4 Å². The summed E-state index contributed by atoms with van der Waals surface area (Å²) < 4.78 is 0. The second kappa shape index (κ2) is 9.74. The number of allylic oxidation sites excluding steroid dienone is 5. The van der Waals surface area contributed by atoms with E-state index in [1.807, 2.05) is 12.2 Å². The Labute approximate surface area is 124 Å². The van der Waals surface area contributed by atoms with Crippen LogP contribution in [0.3, 0.4) is 0 Å². The minimum atomic E-state index is 0.416. The molecule has 0 heterocycles. The number of rotatable bonds is 10. The summed E-state index contributed by atoms with van der Waals surface area (Å²) >= 11 is 0. The van der Waals surface area contributed by atoms with Crippen molar-refractivity contribution in [3.63, 3.8) is 0 Å². The van der Waals surface area contributed by atoms with E-state index in [2.05, 4.69) is 26.5 Å². The molecule has 1 aliphatic rings. The van der Waals surface area contributed by atoms with E-state index in [4.69, 9.17) is 0 Å². The Balaban J connectivity index is 2.19. The maximum absolute atomic E-state index is 10.7. The average molecular weight is 274 g/mol. The van der Waals surface area contributed by atoms with Gasteiger partial charge in [0, 0.05) is 11.5 Å². The smallest absolute Gasteiger partial charge is 0.150 e. The molecule has 0 bridgehead atoms. The van der Waals surface area contributed by atoms with Crippen LogP contribution in [0.1, 0.15) is 65.2 Å². The van der Waals surface area contributed by atoms with Gasteiger partial charge in [-0.25, -0.2) is 0 Å². The second-order valence-electron chi connectivity index (χ2n) is 6.11. The van der Waals surface area contributed by atoms with Crippen molar-refractivity contribution in [2.75, 3.05) is 0 Å². The zero-order valence-corrected chi connectivity index (χ0v) is 13.2. The minimum Gasteiger partial charge on any atom is -0.298 e. The van der Waals surface area contributed by atoms with Gasteiger partial charge in [0.05, 0.1) is 0 Å². The SMILES string of the molecule is C=C1C=C(C=O)C=CC1C(C)CCCCCCCCC. The minimum absolute atomic E-state index is 0.416. The van der Waals surface area contributed by atoms with Gasteiger partial charge < -0.3 is 0 Å². The van der Waals surface area contributed by atoms with Gasteiger partial charge in [-0.2, -0.15) is 0 Å². The third-order valence-corrected chi connectivity index (χ3v) is 4.29. The van der Waals surface area contributed by atoms with E-state index >= 15 is 0 Å². The molecule has 2 unspecified atom stereocenters. The Kier molecular flexibility index (Phi) is 8.25. The van der Waals surface area contributed by atoms with Crippen molar-refractivity contribution < 1.29 is 4.79 Å². The molecule has 0 aromatic carbocycles. The molecule has 0 aromatic heterocycles. The van der Waals surface area contributed by atoms with Crippen LogP contribution in [0.15, 0.2) is 36.0 Å². The lowest BCUT2D eigenvalue weighted by atomic mass is 9.81. The molecule has 1 nitrogen and oxygen atoms in total. The molecule has 1 rings (SSSR count). The van der Waals surface area contributed by atoms with Crippen molar-refractivity contribution in [2.45, 2.75) is 65.2 Å². The summed E-state index contributed by atoms with van der Waals surface area (Å²) in [4.78, 5) is 10.7. The van der Waals surface area contributed by atoms with Crippen molar-refractivity contribution in [2.24, 2.45) is 11.8 Å². The van der Waals surface area contributed by atoms with Gasteiger partial charge >= 0.3 is 0 Å². The molecule has 1 heteroatoms. The maximum Gasteiger partial charge on any atom is 0.150 e. The zero-order chi connectivity index (χ0) is 14.8. The van der Waals surface area contributed by atoms with Crippen molar-refractivity contribution in [1.82, 2.24) is 0 Å². The first kappa shape index (κ1) is 16.9. The fraction of sp³-hybridized carbons (Fsp3) is 0.632. The predicted molar refractivity (Wildman–Crippen MR) is 87.7 cm³/mol. The van der Waals surface area contributed by atoms with Crippen molar-refractivity contribution >= 4 is 6.29 Å². The number of aldehydes is 1. The van der Waals surface area contributed by atoms with E-state index in [0.29, 0.717) is 11.8 Å². The molecule has 0 fully saturated rings. The monoisotopic (exact) mass is 274 g/mol. The third kappa shape index (κ3) is 5.90. The largest absolute Gasteiger partial charge is 0.298 e. The zero-order valence-electron chi connectivity index (χ0n) is 13.2. The Bertz CT molecular complexity index is 362. The van der Waals surface area contributed by atoms with Crippen molar-refractivity contribution in [3.8, 4) is 0 Å². The third-order valence-electron chi connectivity index (χ3n) is 4.29. The Hall–Kier alpha value is -1.11. The molecule has 0 aromatic rings. The Morgan fingerprint density at radius 3 is 2.45 bits per heavy atom. The highest BCUT2D eigenvalue weighted by atomic mass is 16.1. The predicted octanol–water partition coefficient (Wildman–Crippen LogP) is 5.63. The number of unbranched alkanes of at least 4 members (excludes halogenated alkanes) is 6. The van der Waals surface area contributed by atoms with Crippen molar-refractivity contribution in [1.29, 1.82) is 0 Å². The molecule has 1 aliphatic carbocycles. The van der Waals surface area contributed by atoms with E-state index < -0.39 is 0 Å². The molecular weight excluding hydrogens is 244 g/mol. The second-order valence-corrected chi connectivity index (χ2v) is 6.11. The van der Waals surface area contributed by atoms with E-state index in [1.54, 1.807) is 0 Å². The lowest BCUT2D eigenvalue weighted by Gasteiger charge is -2.24. The fourth-order valence-corrected chi connectivity index (χ4v) is 2.93. The van der Waals surface area contributed by atoms with E-state index in [0.717, 1.165) is 17.4 Å². The summed E-state index contributed by atoms with van der Waals surface area (Å²) in [6.07, 6.45) is 17.7. The molecule has 0 spiro atoms. The van der Waals surface area contributed by atoms with Gasteiger partial charge in [-0.1, -0.05) is 77.5 Å². The number of carbonyl (C=O) groups is 1. The lowest BCUT2D eigenvalue weighted by molar-refractivity contribution is -0.104. The highest BCUT2D eigenvalue weighted by Crippen LogP contribution is 2.30. The van der Waals surface area contributed by atoms with Gasteiger partial charge in [-0.3, -0.25) is 4.79 Å². The van der Waals surface area contributed by atoms with Gasteiger partial charge in [0.1, 0.15) is 6.29 Å². The van der Waals surface area contributed by atoms with E-state index in [9.17, 15) is 4.79 Å². The van der Waals surface area contributed by atoms with Gasteiger partial charge in [0.2, 0.25) is 0 Å². The van der Waals surface area contributed by atoms with Crippen LogP contribution in [-0.4, -0.2) is 6.29 Å². The topological polar surface area (TPSA) is 17.1 Å². The molecule has 0 aliphatic heterocycles. The van der Waals surface area contributed by atoms with Crippen LogP contribution >= 0.6 is 0 Å². The first-order valence-corrected chi connectivity index (χ1v) is 8.23. The van der Waals surface area contributed by atoms with Crippen molar-refractivity contribution in [3.05, 3.63) is 36.0 Å². The van der Waals surface area contributed by atoms with Gasteiger partial charge in [0.15, 0.2) is 0 Å². The maximum atomic E-state index is 10.7. The summed E-state index contributed by atoms with van der Waals surface area (Å²) in [7, 11) is 0. The highest BCUT2D eigenvalue weighted by Gasteiger charge is 2.18. The molecule has 0 amide bonds. The average Bonchev–Trinajstić information content (AvgIpc) is 2.45. The summed E-state index contributed by atoms with van der Waals surface area (Å²) in [5, 5.41) is 0. The highest BCUT2D eigenvalue weighted by molar-refractivity contribution is 5.79. The fourth-order valence-electron chi connectivity index (χ4n) is 2.93. The van der Waals surface area contributed by atoms with Crippen LogP contribution in [0.2, 0.25) is 0 Å². The van der Waals surface area contributed by atoms with E-state index in [-0.39, 0.29) is 0 Å². The first-order valence-electron chi connectivity index (χ1n) is 8.23. The summed E-state index contributed by atoms with van der Waals surface area (Å²) in [6.45, 7) is 8.67. The van der Waals surface area contributed by atoms with Crippen LogP contribution < -0.4 is 0 Å². The Morgan fingerprint density at radius 1 is 1.20 bits per heavy atom. The molecule has 112 valence electrons. The molecule has 0 radical (unpaired) electrons. The van der Waals surface area contributed by atoms with Crippen LogP contribution in [0, 0.1) is 11.8 Å². The van der Waals surface area contributed by atoms with Gasteiger partial charge in [-0.05, 0) is 24.0 Å². The summed E-state index contributed by atoms with van der Waals surface area (Å²) in [6, 6.07) is 0. The Morgan fingerprint density at radius 2 is 1.85 bits per heavy atom. The molecule has 0 N–H and O–H groups in total. The summed E-state index contributed by atoms with van der Waals surface area (Å²) in [5.41, 5.74) is 1.83. The van der Waals surface area contributed by atoms with Gasteiger partial charge in [0.25, 0.3) is 0 Å².